The van der Waals surface area contributed by atoms with Crippen molar-refractivity contribution in [2.45, 2.75) is 13.0 Å². The number of nitrogens with zero attached hydrogens (tertiary/aromatic N) is 4. The fourth-order valence-corrected chi connectivity index (χ4v) is 3.72. The predicted molar refractivity (Wildman–Crippen MR) is 119 cm³/mol. The van der Waals surface area contributed by atoms with Gasteiger partial charge < -0.3 is 10.6 Å². The van der Waals surface area contributed by atoms with Crippen LogP contribution in [0.3, 0.4) is 0 Å². The lowest BCUT2D eigenvalue weighted by atomic mass is 9.95. The summed E-state index contributed by atoms with van der Waals surface area (Å²) in [5.41, 5.74) is 3.14. The number of benzene rings is 2. The second-order valence-electron chi connectivity index (χ2n) is 7.22. The molecule has 5 rings (SSSR count). The lowest BCUT2D eigenvalue weighted by molar-refractivity contribution is -0.113. The Morgan fingerprint density at radius 3 is 2.39 bits per heavy atom. The topological polar surface area (TPSA) is 84.7 Å². The molecule has 0 fully saturated rings. The van der Waals surface area contributed by atoms with E-state index in [0.717, 1.165) is 16.8 Å². The molecule has 0 saturated carbocycles. The number of hydrogen-bond acceptors (Lipinski definition) is 5. The Balaban J connectivity index is 1.60. The van der Waals surface area contributed by atoms with Gasteiger partial charge in [0.15, 0.2) is 5.82 Å². The molecule has 7 heteroatoms. The number of anilines is 2. The van der Waals surface area contributed by atoms with Crippen molar-refractivity contribution in [1.29, 1.82) is 0 Å². The van der Waals surface area contributed by atoms with E-state index in [9.17, 15) is 4.79 Å². The molecule has 0 radical (unpaired) electrons. The van der Waals surface area contributed by atoms with Gasteiger partial charge in [-0.15, -0.1) is 5.10 Å². The van der Waals surface area contributed by atoms with Crippen LogP contribution in [0.5, 0.6) is 0 Å². The number of hydrogen-bond donors (Lipinski definition) is 2. The Morgan fingerprint density at radius 1 is 0.968 bits per heavy atom. The average Bonchev–Trinajstić information content (AvgIpc) is 3.23. The molecule has 1 aliphatic rings. The highest BCUT2D eigenvalue weighted by molar-refractivity contribution is 6.05. The van der Waals surface area contributed by atoms with Gasteiger partial charge in [0, 0.05) is 17.5 Å². The molecule has 31 heavy (non-hydrogen) atoms. The van der Waals surface area contributed by atoms with Gasteiger partial charge in [-0.1, -0.05) is 66.7 Å². The van der Waals surface area contributed by atoms with Crippen LogP contribution in [0.4, 0.5) is 11.8 Å². The zero-order valence-electron chi connectivity index (χ0n) is 16.9. The molecule has 152 valence electrons. The van der Waals surface area contributed by atoms with Gasteiger partial charge in [-0.3, -0.25) is 4.79 Å². The van der Waals surface area contributed by atoms with E-state index in [1.807, 2.05) is 79.7 Å². The minimum absolute atomic E-state index is 0.236. The monoisotopic (exact) mass is 408 g/mol. The molecule has 4 aromatic rings. The molecule has 2 aromatic heterocycles. The average molecular weight is 408 g/mol. The quantitative estimate of drug-likeness (QED) is 0.527. The molecule has 0 spiro atoms. The van der Waals surface area contributed by atoms with Crippen molar-refractivity contribution in [1.82, 2.24) is 19.7 Å². The number of rotatable bonds is 4. The Kier molecular flexibility index (Phi) is 4.76. The van der Waals surface area contributed by atoms with Crippen LogP contribution in [0.2, 0.25) is 0 Å². The molecule has 1 atom stereocenters. The first-order valence-electron chi connectivity index (χ1n) is 9.98. The van der Waals surface area contributed by atoms with Crippen LogP contribution < -0.4 is 10.6 Å². The number of carbonyl (C=O) groups excluding carboxylic acids is 1. The SMILES string of the molecule is CC1=C(C(=O)Nc2ccccn2)C(c2ccccc2)n2nc(-c3ccccc3)nc2N1. The third-order valence-corrected chi connectivity index (χ3v) is 5.15. The van der Waals surface area contributed by atoms with E-state index in [1.54, 1.807) is 16.9 Å². The van der Waals surface area contributed by atoms with Crippen LogP contribution in [0.15, 0.2) is 96.3 Å². The fraction of sp³-hybridized carbons (Fsp3) is 0.0833. The summed E-state index contributed by atoms with van der Waals surface area (Å²) < 4.78 is 1.78. The third kappa shape index (κ3) is 3.57. The molecule has 1 amide bonds. The van der Waals surface area contributed by atoms with Crippen molar-refractivity contribution in [2.24, 2.45) is 0 Å². The van der Waals surface area contributed by atoms with Gasteiger partial charge in [-0.2, -0.15) is 4.98 Å². The van der Waals surface area contributed by atoms with Crippen LogP contribution in [0.25, 0.3) is 11.4 Å². The highest BCUT2D eigenvalue weighted by atomic mass is 16.1. The summed E-state index contributed by atoms with van der Waals surface area (Å²) >= 11 is 0. The summed E-state index contributed by atoms with van der Waals surface area (Å²) in [4.78, 5) is 22.2. The van der Waals surface area contributed by atoms with E-state index in [1.165, 1.54) is 0 Å². The minimum Gasteiger partial charge on any atom is -0.328 e. The van der Waals surface area contributed by atoms with E-state index in [-0.39, 0.29) is 5.91 Å². The summed E-state index contributed by atoms with van der Waals surface area (Å²) in [5.74, 6) is 1.46. The highest BCUT2D eigenvalue weighted by Crippen LogP contribution is 2.36. The lowest BCUT2D eigenvalue weighted by Gasteiger charge is -2.28. The second kappa shape index (κ2) is 7.87. The van der Waals surface area contributed by atoms with Gasteiger partial charge in [0.05, 0.1) is 5.57 Å². The van der Waals surface area contributed by atoms with Gasteiger partial charge in [0.1, 0.15) is 11.9 Å². The molecule has 3 heterocycles. The standard InChI is InChI=1S/C24H20N6O/c1-16-20(23(31)27-19-14-8-9-15-25-19)21(17-10-4-2-5-11-17)30-24(26-16)28-22(29-30)18-12-6-3-7-13-18/h2-15,21H,1H3,(H,25,27,31)(H,26,28,29). The maximum Gasteiger partial charge on any atom is 0.257 e. The van der Waals surface area contributed by atoms with Gasteiger partial charge in [0.25, 0.3) is 5.91 Å². The molecule has 0 saturated heterocycles. The molecule has 7 nitrogen and oxygen atoms in total. The number of pyridine rings is 1. The smallest absolute Gasteiger partial charge is 0.257 e. The summed E-state index contributed by atoms with van der Waals surface area (Å²) in [6.45, 7) is 1.88. The highest BCUT2D eigenvalue weighted by Gasteiger charge is 2.34. The Morgan fingerprint density at radius 2 is 1.68 bits per heavy atom. The van der Waals surface area contributed by atoms with Gasteiger partial charge >= 0.3 is 0 Å². The summed E-state index contributed by atoms with van der Waals surface area (Å²) in [7, 11) is 0. The number of fused-ring (bicyclic) bond motifs is 1. The Bertz CT molecular complexity index is 1250. The fourth-order valence-electron chi connectivity index (χ4n) is 3.72. The van der Waals surface area contributed by atoms with E-state index >= 15 is 0 Å². The molecular formula is C24H20N6O. The Labute approximate surface area is 179 Å². The van der Waals surface area contributed by atoms with E-state index in [0.29, 0.717) is 23.2 Å². The van der Waals surface area contributed by atoms with Crippen molar-refractivity contribution in [3.8, 4) is 11.4 Å². The van der Waals surface area contributed by atoms with Crippen molar-refractivity contribution >= 4 is 17.7 Å². The van der Waals surface area contributed by atoms with Crippen LogP contribution in [-0.4, -0.2) is 25.7 Å². The second-order valence-corrected chi connectivity index (χ2v) is 7.22. The largest absolute Gasteiger partial charge is 0.328 e. The maximum atomic E-state index is 13.3. The van der Waals surface area contributed by atoms with Gasteiger partial charge in [-0.25, -0.2) is 9.67 Å². The summed E-state index contributed by atoms with van der Waals surface area (Å²) in [6, 6.07) is 24.6. The minimum atomic E-state index is -0.425. The van der Waals surface area contributed by atoms with Crippen LogP contribution in [0, 0.1) is 0 Å². The normalized spacial score (nSPS) is 15.2. The van der Waals surface area contributed by atoms with E-state index in [2.05, 4.69) is 20.6 Å². The third-order valence-electron chi connectivity index (χ3n) is 5.15. The van der Waals surface area contributed by atoms with Gasteiger partial charge in [0.2, 0.25) is 5.95 Å². The predicted octanol–water partition coefficient (Wildman–Crippen LogP) is 4.27. The molecule has 1 aliphatic heterocycles. The first-order chi connectivity index (χ1) is 15.2. The van der Waals surface area contributed by atoms with Crippen molar-refractivity contribution < 1.29 is 4.79 Å². The van der Waals surface area contributed by atoms with E-state index in [4.69, 9.17) is 5.10 Å². The first-order valence-corrected chi connectivity index (χ1v) is 9.98. The van der Waals surface area contributed by atoms with Crippen molar-refractivity contribution in [3.63, 3.8) is 0 Å². The molecule has 0 aliphatic carbocycles. The van der Waals surface area contributed by atoms with Crippen molar-refractivity contribution in [3.05, 3.63) is 102 Å². The maximum absolute atomic E-state index is 13.3. The number of aromatic nitrogens is 4. The molecule has 2 N–H and O–H groups in total. The molecular weight excluding hydrogens is 388 g/mol. The van der Waals surface area contributed by atoms with Crippen molar-refractivity contribution in [2.75, 3.05) is 10.6 Å². The Hall–Kier alpha value is -4.26. The van der Waals surface area contributed by atoms with Crippen LogP contribution >= 0.6 is 0 Å². The molecule has 2 aromatic carbocycles. The number of nitrogens with one attached hydrogen (secondary N) is 2. The van der Waals surface area contributed by atoms with E-state index < -0.39 is 6.04 Å². The zero-order valence-corrected chi connectivity index (χ0v) is 16.9. The van der Waals surface area contributed by atoms with Crippen LogP contribution in [0.1, 0.15) is 18.5 Å². The van der Waals surface area contributed by atoms with Crippen LogP contribution in [-0.2, 0) is 4.79 Å². The molecule has 0 bridgehead atoms. The number of allylic oxidation sites excluding steroid dienone is 1. The summed E-state index contributed by atoms with van der Waals surface area (Å²) in [5, 5.41) is 10.9. The van der Waals surface area contributed by atoms with Gasteiger partial charge in [-0.05, 0) is 24.6 Å². The number of carbonyl (C=O) groups is 1. The molecule has 1 unspecified atom stereocenters. The number of amides is 1. The zero-order chi connectivity index (χ0) is 21.2. The summed E-state index contributed by atoms with van der Waals surface area (Å²) in [6.07, 6.45) is 1.65. The lowest BCUT2D eigenvalue weighted by Crippen LogP contribution is -2.31. The first kappa shape index (κ1) is 18.7.